The van der Waals surface area contributed by atoms with Gasteiger partial charge in [-0.15, -0.1) is 9.44 Å². The predicted molar refractivity (Wildman–Crippen MR) is 134 cm³/mol. The Balaban J connectivity index is 1.64. The minimum absolute atomic E-state index is 0.0510. The van der Waals surface area contributed by atoms with Crippen LogP contribution in [0.5, 0.6) is 17.2 Å². The van der Waals surface area contributed by atoms with E-state index in [0.717, 1.165) is 5.01 Å². The summed E-state index contributed by atoms with van der Waals surface area (Å²) in [4.78, 5) is 25.3. The third-order valence-electron chi connectivity index (χ3n) is 4.72. The molecule has 3 aromatic rings. The number of nitrogens with one attached hydrogen (secondary N) is 1. The van der Waals surface area contributed by atoms with Crippen LogP contribution in [-0.4, -0.2) is 34.1 Å². The highest BCUT2D eigenvalue weighted by Gasteiger charge is 2.38. The van der Waals surface area contributed by atoms with Gasteiger partial charge in [-0.3, -0.25) is 9.59 Å². The van der Waals surface area contributed by atoms with E-state index in [9.17, 15) is 14.7 Å². The first-order valence-corrected chi connectivity index (χ1v) is 11.6. The summed E-state index contributed by atoms with van der Waals surface area (Å²) >= 11 is 6.70. The Hall–Kier alpha value is -4.01. The Kier molecular flexibility index (Phi) is 8.32. The Morgan fingerprint density at radius 1 is 1.16 bits per heavy atom. The van der Waals surface area contributed by atoms with Crippen LogP contribution in [-0.2, 0) is 19.0 Å². The van der Waals surface area contributed by atoms with E-state index < -0.39 is 17.9 Å². The van der Waals surface area contributed by atoms with Gasteiger partial charge in [0, 0.05) is 13.0 Å². The molecule has 0 aliphatic carbocycles. The number of ether oxygens (including phenoxy) is 1. The van der Waals surface area contributed by atoms with Gasteiger partial charge in [0.25, 0.3) is 5.91 Å². The summed E-state index contributed by atoms with van der Waals surface area (Å²) in [6.07, 6.45) is 0. The minimum atomic E-state index is -1.28. The Bertz CT molecular complexity index is 1370. The van der Waals surface area contributed by atoms with Crippen molar-refractivity contribution in [1.29, 1.82) is 0 Å². The van der Waals surface area contributed by atoms with Crippen molar-refractivity contribution in [1.82, 2.24) is 5.32 Å². The van der Waals surface area contributed by atoms with Crippen molar-refractivity contribution in [3.05, 3.63) is 71.8 Å². The standard InChI is InChI=1S/C23H18ClN5O7S/c1-13(30)25-22-21(27-26-18-9-8-15(31)12-17(18)24)23(32)29(28-22)14-7-10-19(20(11-14)37-36-35-33)34-16-5-3-2-4-6-16/h2-12,21,31,33H,1H3,(H,25,28,30). The number of aromatic hydroxyl groups is 1. The zero-order valence-electron chi connectivity index (χ0n) is 18.9. The monoisotopic (exact) mass is 543 g/mol. The summed E-state index contributed by atoms with van der Waals surface area (Å²) in [6, 6.07) is 16.3. The maximum atomic E-state index is 13.3. The van der Waals surface area contributed by atoms with Gasteiger partial charge in [0.05, 0.1) is 27.6 Å². The lowest BCUT2D eigenvalue weighted by Crippen LogP contribution is -2.38. The van der Waals surface area contributed by atoms with Crippen molar-refractivity contribution >= 4 is 52.7 Å². The number of nitrogens with zero attached hydrogens (tertiary/aromatic N) is 4. The van der Waals surface area contributed by atoms with Gasteiger partial charge in [-0.05, 0) is 42.5 Å². The summed E-state index contributed by atoms with van der Waals surface area (Å²) in [5, 5.41) is 37.7. The van der Waals surface area contributed by atoms with E-state index in [4.69, 9.17) is 21.6 Å². The van der Waals surface area contributed by atoms with Gasteiger partial charge in [-0.1, -0.05) is 34.8 Å². The van der Waals surface area contributed by atoms with E-state index in [1.807, 2.05) is 6.07 Å². The number of carbonyl (C=O) groups is 2. The molecule has 37 heavy (non-hydrogen) atoms. The number of carbonyl (C=O) groups excluding carboxylic acids is 2. The number of benzene rings is 3. The molecule has 14 heteroatoms. The molecule has 0 spiro atoms. The number of halogens is 1. The number of azo groups is 1. The molecule has 3 N–H and O–H groups in total. The van der Waals surface area contributed by atoms with Gasteiger partial charge in [0.2, 0.25) is 11.9 Å². The number of anilines is 1. The molecule has 0 fully saturated rings. The molecule has 190 valence electrons. The van der Waals surface area contributed by atoms with Crippen LogP contribution in [0.3, 0.4) is 0 Å². The summed E-state index contributed by atoms with van der Waals surface area (Å²) in [7, 11) is 0. The number of phenolic OH excluding ortho intramolecular Hbond substituents is 1. The summed E-state index contributed by atoms with van der Waals surface area (Å²) in [6.45, 7) is 1.26. The molecule has 1 atom stereocenters. The highest BCUT2D eigenvalue weighted by molar-refractivity contribution is 7.94. The van der Waals surface area contributed by atoms with Crippen LogP contribution in [0.1, 0.15) is 6.92 Å². The lowest BCUT2D eigenvalue weighted by molar-refractivity contribution is -0.432. The fourth-order valence-corrected chi connectivity index (χ4v) is 3.83. The zero-order valence-corrected chi connectivity index (χ0v) is 20.5. The van der Waals surface area contributed by atoms with E-state index in [1.165, 1.54) is 31.2 Å². The van der Waals surface area contributed by atoms with Crippen LogP contribution >= 0.6 is 23.6 Å². The van der Waals surface area contributed by atoms with Gasteiger partial charge < -0.3 is 15.2 Å². The fraction of sp³-hybridized carbons (Fsp3) is 0.0870. The lowest BCUT2D eigenvalue weighted by atomic mass is 10.2. The number of phenols is 1. The van der Waals surface area contributed by atoms with Crippen molar-refractivity contribution in [2.24, 2.45) is 15.3 Å². The molecule has 0 saturated carbocycles. The summed E-state index contributed by atoms with van der Waals surface area (Å²) in [5.41, 5.74) is 0.479. The third kappa shape index (κ3) is 6.41. The van der Waals surface area contributed by atoms with Crippen molar-refractivity contribution < 1.29 is 34.1 Å². The predicted octanol–water partition coefficient (Wildman–Crippen LogP) is 5.21. The SMILES string of the molecule is CC(=O)NC1=NN(c2ccc(Oc3ccccc3)c(SOOO)c2)C(=O)C1N=Nc1ccc(O)cc1Cl. The molecule has 0 bridgehead atoms. The van der Waals surface area contributed by atoms with E-state index in [-0.39, 0.29) is 28.0 Å². The number of amides is 2. The van der Waals surface area contributed by atoms with Crippen molar-refractivity contribution in [2.75, 3.05) is 5.01 Å². The van der Waals surface area contributed by atoms with Crippen LogP contribution < -0.4 is 15.1 Å². The molecule has 1 heterocycles. The molecule has 0 saturated heterocycles. The van der Waals surface area contributed by atoms with Crippen LogP contribution in [0.4, 0.5) is 11.4 Å². The van der Waals surface area contributed by atoms with Crippen LogP contribution in [0.15, 0.2) is 87.0 Å². The quantitative estimate of drug-likeness (QED) is 0.151. The molecular formula is C23H18ClN5O7S. The zero-order chi connectivity index (χ0) is 26.4. The van der Waals surface area contributed by atoms with E-state index in [2.05, 4.69) is 30.0 Å². The number of rotatable bonds is 8. The molecule has 4 rings (SSSR count). The lowest BCUT2D eigenvalue weighted by Gasteiger charge is -2.15. The first-order chi connectivity index (χ1) is 17.9. The van der Waals surface area contributed by atoms with Gasteiger partial charge >= 0.3 is 0 Å². The normalized spacial score (nSPS) is 15.2. The van der Waals surface area contributed by atoms with Gasteiger partial charge in [0.1, 0.15) is 22.9 Å². The number of hydrazone groups is 1. The third-order valence-corrected chi connectivity index (χ3v) is 5.65. The molecule has 0 aromatic heterocycles. The Morgan fingerprint density at radius 3 is 2.65 bits per heavy atom. The average Bonchev–Trinajstić information content (AvgIpc) is 3.17. The second-order valence-electron chi connectivity index (χ2n) is 7.34. The average molecular weight is 544 g/mol. The number of hydrogen-bond donors (Lipinski definition) is 3. The number of para-hydroxylation sites is 1. The molecule has 1 aliphatic rings. The van der Waals surface area contributed by atoms with Crippen LogP contribution in [0, 0.1) is 0 Å². The van der Waals surface area contributed by atoms with Crippen LogP contribution in [0.25, 0.3) is 0 Å². The summed E-state index contributed by atoms with van der Waals surface area (Å²) in [5.74, 6) is -0.310. The molecule has 12 nitrogen and oxygen atoms in total. The summed E-state index contributed by atoms with van der Waals surface area (Å²) < 4.78 is 10.4. The molecule has 2 amide bonds. The van der Waals surface area contributed by atoms with Crippen molar-refractivity contribution in [3.63, 3.8) is 0 Å². The maximum absolute atomic E-state index is 13.3. The second kappa shape index (κ2) is 11.8. The smallest absolute Gasteiger partial charge is 0.282 e. The number of amidine groups is 1. The highest BCUT2D eigenvalue weighted by Crippen LogP contribution is 2.37. The van der Waals surface area contributed by atoms with Crippen LogP contribution in [0.2, 0.25) is 5.02 Å². The van der Waals surface area contributed by atoms with Crippen molar-refractivity contribution in [2.45, 2.75) is 17.9 Å². The molecule has 3 aromatic carbocycles. The van der Waals surface area contributed by atoms with Gasteiger partial charge in [-0.25, -0.2) is 5.26 Å². The fourth-order valence-electron chi connectivity index (χ4n) is 3.15. The molecule has 1 aliphatic heterocycles. The van der Waals surface area contributed by atoms with Gasteiger partial charge in [-0.2, -0.15) is 15.2 Å². The second-order valence-corrected chi connectivity index (χ2v) is 8.49. The van der Waals surface area contributed by atoms with E-state index in [1.54, 1.807) is 36.4 Å². The topological polar surface area (TPSA) is 155 Å². The first kappa shape index (κ1) is 26.1. The Labute approximate surface area is 219 Å². The highest BCUT2D eigenvalue weighted by atomic mass is 35.5. The Morgan fingerprint density at radius 2 is 1.95 bits per heavy atom. The first-order valence-electron chi connectivity index (χ1n) is 10.5. The minimum Gasteiger partial charge on any atom is -0.508 e. The molecular weight excluding hydrogens is 526 g/mol. The largest absolute Gasteiger partial charge is 0.508 e. The van der Waals surface area contributed by atoms with Gasteiger partial charge in [0.15, 0.2) is 5.84 Å². The van der Waals surface area contributed by atoms with Crippen molar-refractivity contribution in [3.8, 4) is 17.2 Å². The molecule has 0 radical (unpaired) electrons. The van der Waals surface area contributed by atoms with E-state index >= 15 is 0 Å². The number of hydrogen-bond acceptors (Lipinski definition) is 11. The molecule has 1 unspecified atom stereocenters. The van der Waals surface area contributed by atoms with E-state index in [0.29, 0.717) is 28.4 Å². The maximum Gasteiger partial charge on any atom is 0.282 e.